The van der Waals surface area contributed by atoms with Gasteiger partial charge in [-0.2, -0.15) is 0 Å². The monoisotopic (exact) mass is 281 g/mol. The van der Waals surface area contributed by atoms with Crippen molar-refractivity contribution in [2.75, 3.05) is 13.6 Å². The van der Waals surface area contributed by atoms with Crippen molar-refractivity contribution in [3.8, 4) is 0 Å². The average molecular weight is 282 g/mol. The molecule has 0 aromatic rings. The van der Waals surface area contributed by atoms with Gasteiger partial charge in [-0.3, -0.25) is 0 Å². The second-order valence-electron chi connectivity index (χ2n) is 6.13. The summed E-state index contributed by atoms with van der Waals surface area (Å²) in [5.74, 6) is 0. The maximum Gasteiger partial charge on any atom is -0.00519 e. The van der Waals surface area contributed by atoms with Crippen molar-refractivity contribution >= 4 is 0 Å². The zero-order valence-corrected chi connectivity index (χ0v) is 14.1. The Labute approximate surface area is 128 Å². The molecule has 1 nitrogen and oxygen atoms in total. The number of allylic oxidation sites excluding steroid dienone is 1. The molecule has 0 aliphatic carbocycles. The first-order valence-corrected chi connectivity index (χ1v) is 9.17. The molecular weight excluding hydrogens is 242 g/mol. The molecular formula is C19H39N. The Balaban J connectivity index is 2.90. The molecule has 0 rings (SSSR count). The van der Waals surface area contributed by atoms with E-state index in [1.807, 2.05) is 13.1 Å². The molecule has 0 atom stereocenters. The van der Waals surface area contributed by atoms with Gasteiger partial charge in [0, 0.05) is 0 Å². The minimum Gasteiger partial charge on any atom is -0.320 e. The van der Waals surface area contributed by atoms with Gasteiger partial charge in [0.25, 0.3) is 0 Å². The predicted molar refractivity (Wildman–Crippen MR) is 93.4 cm³/mol. The van der Waals surface area contributed by atoms with Gasteiger partial charge in [0.2, 0.25) is 0 Å². The van der Waals surface area contributed by atoms with Crippen LogP contribution in [-0.4, -0.2) is 13.6 Å². The highest BCUT2D eigenvalue weighted by Gasteiger charge is 1.94. The second-order valence-corrected chi connectivity index (χ2v) is 6.13. The first-order chi connectivity index (χ1) is 9.91. The van der Waals surface area contributed by atoms with E-state index in [-0.39, 0.29) is 0 Å². The van der Waals surface area contributed by atoms with Crippen molar-refractivity contribution in [1.29, 1.82) is 0 Å². The van der Waals surface area contributed by atoms with Crippen molar-refractivity contribution in [2.45, 2.75) is 96.3 Å². The summed E-state index contributed by atoms with van der Waals surface area (Å²) in [6, 6.07) is 0. The van der Waals surface area contributed by atoms with E-state index < -0.39 is 0 Å². The molecule has 0 saturated carbocycles. The average Bonchev–Trinajstić information content (AvgIpc) is 2.47. The van der Waals surface area contributed by atoms with Crippen LogP contribution in [0.25, 0.3) is 0 Å². The first kappa shape index (κ1) is 19.7. The highest BCUT2D eigenvalue weighted by atomic mass is 14.8. The molecule has 0 bridgehead atoms. The van der Waals surface area contributed by atoms with Crippen LogP contribution < -0.4 is 5.32 Å². The van der Waals surface area contributed by atoms with E-state index in [4.69, 9.17) is 0 Å². The summed E-state index contributed by atoms with van der Waals surface area (Å²) in [7, 11) is 2.04. The lowest BCUT2D eigenvalue weighted by Crippen LogP contribution is -2.06. The molecule has 120 valence electrons. The van der Waals surface area contributed by atoms with Crippen molar-refractivity contribution in [3.63, 3.8) is 0 Å². The third-order valence-electron chi connectivity index (χ3n) is 4.09. The highest BCUT2D eigenvalue weighted by Crippen LogP contribution is 2.13. The maximum atomic E-state index is 3.77. The molecule has 0 saturated heterocycles. The molecule has 0 unspecified atom stereocenters. The summed E-state index contributed by atoms with van der Waals surface area (Å²) in [6.07, 6.45) is 23.3. The van der Waals surface area contributed by atoms with Crippen LogP contribution >= 0.6 is 0 Å². The predicted octanol–water partition coefficient (Wildman–Crippen LogP) is 6.24. The highest BCUT2D eigenvalue weighted by molar-refractivity contribution is 4.65. The van der Waals surface area contributed by atoms with E-state index in [9.17, 15) is 0 Å². The molecule has 0 heterocycles. The van der Waals surface area contributed by atoms with Crippen LogP contribution in [0, 0.1) is 0 Å². The lowest BCUT2D eigenvalue weighted by molar-refractivity contribution is 0.531. The van der Waals surface area contributed by atoms with Gasteiger partial charge in [-0.25, -0.2) is 0 Å². The molecule has 0 aromatic carbocycles. The molecule has 0 aromatic heterocycles. The van der Waals surface area contributed by atoms with Gasteiger partial charge in [0.05, 0.1) is 0 Å². The van der Waals surface area contributed by atoms with E-state index >= 15 is 0 Å². The van der Waals surface area contributed by atoms with E-state index in [2.05, 4.69) is 11.9 Å². The van der Waals surface area contributed by atoms with E-state index in [1.54, 1.807) is 0 Å². The zero-order valence-electron chi connectivity index (χ0n) is 14.1. The lowest BCUT2D eigenvalue weighted by atomic mass is 10.0. The first-order valence-electron chi connectivity index (χ1n) is 9.17. The number of nitrogens with one attached hydrogen (secondary N) is 1. The number of hydrogen-bond acceptors (Lipinski definition) is 1. The van der Waals surface area contributed by atoms with Gasteiger partial charge in [-0.15, -0.1) is 6.58 Å². The van der Waals surface area contributed by atoms with Gasteiger partial charge in [0.15, 0.2) is 0 Å². The Morgan fingerprint density at radius 2 is 0.950 bits per heavy atom. The van der Waals surface area contributed by atoms with Crippen LogP contribution in [0.5, 0.6) is 0 Å². The van der Waals surface area contributed by atoms with Crippen molar-refractivity contribution in [3.05, 3.63) is 12.7 Å². The summed E-state index contributed by atoms with van der Waals surface area (Å²) >= 11 is 0. The summed E-state index contributed by atoms with van der Waals surface area (Å²) < 4.78 is 0. The smallest absolute Gasteiger partial charge is 0.00519 e. The van der Waals surface area contributed by atoms with E-state index in [1.165, 1.54) is 103 Å². The Hall–Kier alpha value is -0.300. The fourth-order valence-corrected chi connectivity index (χ4v) is 2.71. The van der Waals surface area contributed by atoms with Gasteiger partial charge < -0.3 is 5.32 Å². The topological polar surface area (TPSA) is 12.0 Å². The standard InChI is InChI=1S/C19H39N/c1-3-4-5-6-7-8-9-10-11-12-13-14-15-16-17-18-19-20-2/h3,20H,1,4-19H2,2H3. The molecule has 0 spiro atoms. The maximum absolute atomic E-state index is 3.77. The number of rotatable bonds is 17. The Bertz CT molecular complexity index is 177. The quantitative estimate of drug-likeness (QED) is 0.246. The van der Waals surface area contributed by atoms with Gasteiger partial charge >= 0.3 is 0 Å². The van der Waals surface area contributed by atoms with E-state index in [0.29, 0.717) is 0 Å². The van der Waals surface area contributed by atoms with Crippen molar-refractivity contribution in [2.24, 2.45) is 0 Å². The number of hydrogen-bond donors (Lipinski definition) is 1. The van der Waals surface area contributed by atoms with Crippen LogP contribution in [0.15, 0.2) is 12.7 Å². The zero-order chi connectivity index (χ0) is 14.7. The molecule has 0 aliphatic rings. The molecule has 0 amide bonds. The fraction of sp³-hybridized carbons (Fsp3) is 0.895. The Morgan fingerprint density at radius 1 is 0.600 bits per heavy atom. The largest absolute Gasteiger partial charge is 0.320 e. The molecule has 0 aliphatic heterocycles. The second kappa shape index (κ2) is 18.7. The lowest BCUT2D eigenvalue weighted by Gasteiger charge is -2.03. The summed E-state index contributed by atoms with van der Waals surface area (Å²) in [5.41, 5.74) is 0. The van der Waals surface area contributed by atoms with Crippen molar-refractivity contribution in [1.82, 2.24) is 5.32 Å². The van der Waals surface area contributed by atoms with Gasteiger partial charge in [-0.05, 0) is 32.9 Å². The third kappa shape index (κ3) is 17.7. The third-order valence-corrected chi connectivity index (χ3v) is 4.09. The fourth-order valence-electron chi connectivity index (χ4n) is 2.71. The molecule has 1 N–H and O–H groups in total. The van der Waals surface area contributed by atoms with E-state index in [0.717, 1.165) is 0 Å². The Kier molecular flexibility index (Phi) is 18.4. The van der Waals surface area contributed by atoms with Crippen LogP contribution in [0.3, 0.4) is 0 Å². The molecule has 1 heteroatoms. The molecule has 0 radical (unpaired) electrons. The minimum atomic E-state index is 1.19. The summed E-state index contributed by atoms with van der Waals surface area (Å²) in [5, 5.41) is 3.21. The SMILES string of the molecule is C=CCCCCCCCCCCCCCCCCNC. The normalized spacial score (nSPS) is 10.8. The van der Waals surface area contributed by atoms with Crippen LogP contribution in [0.4, 0.5) is 0 Å². The Morgan fingerprint density at radius 3 is 1.30 bits per heavy atom. The number of unbranched alkanes of at least 4 members (excludes halogenated alkanes) is 14. The van der Waals surface area contributed by atoms with Gasteiger partial charge in [-0.1, -0.05) is 83.1 Å². The van der Waals surface area contributed by atoms with Crippen molar-refractivity contribution < 1.29 is 0 Å². The summed E-state index contributed by atoms with van der Waals surface area (Å²) in [4.78, 5) is 0. The summed E-state index contributed by atoms with van der Waals surface area (Å²) in [6.45, 7) is 4.95. The van der Waals surface area contributed by atoms with Crippen LogP contribution in [0.2, 0.25) is 0 Å². The molecule has 0 fully saturated rings. The van der Waals surface area contributed by atoms with Crippen LogP contribution in [-0.2, 0) is 0 Å². The molecule has 20 heavy (non-hydrogen) atoms. The van der Waals surface area contributed by atoms with Crippen LogP contribution in [0.1, 0.15) is 96.3 Å². The van der Waals surface area contributed by atoms with Gasteiger partial charge in [0.1, 0.15) is 0 Å². The minimum absolute atomic E-state index is 1.19.